The van der Waals surface area contributed by atoms with E-state index in [1.54, 1.807) is 0 Å². The molecule has 1 heterocycles. The molecule has 1 saturated heterocycles. The molecule has 0 aliphatic carbocycles. The highest BCUT2D eigenvalue weighted by molar-refractivity contribution is 5.53. The molecule has 1 unspecified atom stereocenters. The SMILES string of the molecule is Cc1ccccc1N1CCC(C)C1. The van der Waals surface area contributed by atoms with Gasteiger partial charge in [0.05, 0.1) is 0 Å². The van der Waals surface area contributed by atoms with E-state index >= 15 is 0 Å². The Morgan fingerprint density at radius 1 is 1.31 bits per heavy atom. The van der Waals surface area contributed by atoms with E-state index in [4.69, 9.17) is 0 Å². The molecule has 70 valence electrons. The molecule has 0 radical (unpaired) electrons. The standard InChI is InChI=1S/C12H17N/c1-10-7-8-13(9-10)12-6-4-3-5-11(12)2/h3-6,10H,7-9H2,1-2H3. The minimum absolute atomic E-state index is 0.861. The third-order valence-electron chi connectivity index (χ3n) is 2.88. The van der Waals surface area contributed by atoms with E-state index in [0.717, 1.165) is 5.92 Å². The second-order valence-electron chi connectivity index (χ2n) is 4.13. The summed E-state index contributed by atoms with van der Waals surface area (Å²) in [6.07, 6.45) is 1.34. The van der Waals surface area contributed by atoms with Crippen LogP contribution in [0.3, 0.4) is 0 Å². The molecule has 2 rings (SSSR count). The molecule has 0 spiro atoms. The first-order valence-electron chi connectivity index (χ1n) is 5.08. The van der Waals surface area contributed by atoms with Gasteiger partial charge in [0.25, 0.3) is 0 Å². The Morgan fingerprint density at radius 2 is 2.08 bits per heavy atom. The van der Waals surface area contributed by atoms with Crippen LogP contribution in [0.5, 0.6) is 0 Å². The molecule has 1 atom stereocenters. The van der Waals surface area contributed by atoms with Gasteiger partial charge in [-0.15, -0.1) is 0 Å². The first kappa shape index (κ1) is 8.61. The van der Waals surface area contributed by atoms with E-state index in [9.17, 15) is 0 Å². The summed E-state index contributed by atoms with van der Waals surface area (Å²) >= 11 is 0. The van der Waals surface area contributed by atoms with Crippen molar-refractivity contribution in [3.05, 3.63) is 29.8 Å². The van der Waals surface area contributed by atoms with Crippen molar-refractivity contribution in [1.29, 1.82) is 0 Å². The van der Waals surface area contributed by atoms with E-state index in [1.165, 1.54) is 30.8 Å². The lowest BCUT2D eigenvalue weighted by Gasteiger charge is -2.20. The van der Waals surface area contributed by atoms with Crippen LogP contribution in [-0.2, 0) is 0 Å². The summed E-state index contributed by atoms with van der Waals surface area (Å²) in [4.78, 5) is 2.50. The molecule has 1 fully saturated rings. The van der Waals surface area contributed by atoms with Gasteiger partial charge >= 0.3 is 0 Å². The topological polar surface area (TPSA) is 3.24 Å². The van der Waals surface area contributed by atoms with Crippen LogP contribution >= 0.6 is 0 Å². The van der Waals surface area contributed by atoms with Crippen molar-refractivity contribution in [1.82, 2.24) is 0 Å². The van der Waals surface area contributed by atoms with Crippen LogP contribution in [0.25, 0.3) is 0 Å². The molecular formula is C12H17N. The molecule has 1 aromatic carbocycles. The molecule has 1 nitrogen and oxygen atoms in total. The van der Waals surface area contributed by atoms with Crippen molar-refractivity contribution >= 4 is 5.69 Å². The summed E-state index contributed by atoms with van der Waals surface area (Å²) in [6, 6.07) is 8.66. The Balaban J connectivity index is 2.21. The van der Waals surface area contributed by atoms with Crippen molar-refractivity contribution in [3.8, 4) is 0 Å². The molecule has 1 aliphatic heterocycles. The Kier molecular flexibility index (Phi) is 2.26. The van der Waals surface area contributed by atoms with Gasteiger partial charge in [-0.1, -0.05) is 25.1 Å². The third-order valence-corrected chi connectivity index (χ3v) is 2.88. The van der Waals surface area contributed by atoms with Gasteiger partial charge in [-0.2, -0.15) is 0 Å². The maximum Gasteiger partial charge on any atom is 0.0395 e. The van der Waals surface area contributed by atoms with Crippen LogP contribution in [0.2, 0.25) is 0 Å². The zero-order valence-electron chi connectivity index (χ0n) is 8.46. The molecular weight excluding hydrogens is 158 g/mol. The van der Waals surface area contributed by atoms with E-state index < -0.39 is 0 Å². The van der Waals surface area contributed by atoms with Gasteiger partial charge in [-0.25, -0.2) is 0 Å². The van der Waals surface area contributed by atoms with E-state index in [2.05, 4.69) is 43.0 Å². The van der Waals surface area contributed by atoms with E-state index in [1.807, 2.05) is 0 Å². The Labute approximate surface area is 80.4 Å². The average Bonchev–Trinajstić information content (AvgIpc) is 2.53. The minimum atomic E-state index is 0.861. The highest BCUT2D eigenvalue weighted by Gasteiger charge is 2.19. The van der Waals surface area contributed by atoms with Crippen molar-refractivity contribution in [2.75, 3.05) is 18.0 Å². The second kappa shape index (κ2) is 3.41. The summed E-state index contributed by atoms with van der Waals surface area (Å²) in [7, 11) is 0. The Bertz CT molecular complexity index is 293. The predicted octanol–water partition coefficient (Wildman–Crippen LogP) is 2.84. The number of rotatable bonds is 1. The molecule has 1 aliphatic rings. The van der Waals surface area contributed by atoms with Gasteiger partial charge in [-0.3, -0.25) is 0 Å². The number of benzene rings is 1. The van der Waals surface area contributed by atoms with Crippen molar-refractivity contribution < 1.29 is 0 Å². The predicted molar refractivity (Wildman–Crippen MR) is 57.2 cm³/mol. The summed E-state index contributed by atoms with van der Waals surface area (Å²) in [5.74, 6) is 0.861. The van der Waals surface area contributed by atoms with Crippen molar-refractivity contribution in [2.24, 2.45) is 5.92 Å². The lowest BCUT2D eigenvalue weighted by atomic mass is 10.1. The first-order chi connectivity index (χ1) is 6.27. The fourth-order valence-electron chi connectivity index (χ4n) is 2.07. The number of nitrogens with zero attached hydrogens (tertiary/aromatic N) is 1. The number of hydrogen-bond acceptors (Lipinski definition) is 1. The largest absolute Gasteiger partial charge is 0.371 e. The van der Waals surface area contributed by atoms with Gasteiger partial charge in [0.15, 0.2) is 0 Å². The highest BCUT2D eigenvalue weighted by atomic mass is 15.1. The van der Waals surface area contributed by atoms with Crippen molar-refractivity contribution in [2.45, 2.75) is 20.3 Å². The molecule has 0 N–H and O–H groups in total. The van der Waals surface area contributed by atoms with Crippen LogP contribution in [0.1, 0.15) is 18.9 Å². The average molecular weight is 175 g/mol. The second-order valence-corrected chi connectivity index (χ2v) is 4.13. The number of para-hydroxylation sites is 1. The maximum atomic E-state index is 2.50. The lowest BCUT2D eigenvalue weighted by Crippen LogP contribution is -2.19. The van der Waals surface area contributed by atoms with Crippen LogP contribution in [-0.4, -0.2) is 13.1 Å². The Hall–Kier alpha value is -0.980. The summed E-state index contributed by atoms with van der Waals surface area (Å²) in [6.45, 7) is 6.98. The normalized spacial score (nSPS) is 22.3. The summed E-state index contributed by atoms with van der Waals surface area (Å²) in [5.41, 5.74) is 2.82. The van der Waals surface area contributed by atoms with Gasteiger partial charge in [0.1, 0.15) is 0 Å². The Morgan fingerprint density at radius 3 is 2.69 bits per heavy atom. The molecule has 0 aromatic heterocycles. The summed E-state index contributed by atoms with van der Waals surface area (Å²) < 4.78 is 0. The monoisotopic (exact) mass is 175 g/mol. The van der Waals surface area contributed by atoms with Gasteiger partial charge in [-0.05, 0) is 30.9 Å². The fourth-order valence-corrected chi connectivity index (χ4v) is 2.07. The number of anilines is 1. The molecule has 0 bridgehead atoms. The van der Waals surface area contributed by atoms with Crippen LogP contribution in [0.15, 0.2) is 24.3 Å². The zero-order chi connectivity index (χ0) is 9.26. The third kappa shape index (κ3) is 1.69. The zero-order valence-corrected chi connectivity index (χ0v) is 8.46. The van der Waals surface area contributed by atoms with E-state index in [0.29, 0.717) is 0 Å². The molecule has 0 saturated carbocycles. The number of aryl methyl sites for hydroxylation is 1. The van der Waals surface area contributed by atoms with Crippen LogP contribution in [0, 0.1) is 12.8 Å². The summed E-state index contributed by atoms with van der Waals surface area (Å²) in [5, 5.41) is 0. The first-order valence-corrected chi connectivity index (χ1v) is 5.08. The van der Waals surface area contributed by atoms with Crippen LogP contribution in [0.4, 0.5) is 5.69 Å². The molecule has 1 aromatic rings. The fraction of sp³-hybridized carbons (Fsp3) is 0.500. The quantitative estimate of drug-likeness (QED) is 0.634. The van der Waals surface area contributed by atoms with Gasteiger partial charge < -0.3 is 4.90 Å². The molecule has 0 amide bonds. The maximum absolute atomic E-state index is 2.50. The number of hydrogen-bond donors (Lipinski definition) is 0. The molecule has 1 heteroatoms. The van der Waals surface area contributed by atoms with Crippen LogP contribution < -0.4 is 4.90 Å². The smallest absolute Gasteiger partial charge is 0.0395 e. The molecule has 13 heavy (non-hydrogen) atoms. The van der Waals surface area contributed by atoms with E-state index in [-0.39, 0.29) is 0 Å². The minimum Gasteiger partial charge on any atom is -0.371 e. The van der Waals surface area contributed by atoms with Gasteiger partial charge in [0.2, 0.25) is 0 Å². The highest BCUT2D eigenvalue weighted by Crippen LogP contribution is 2.25. The van der Waals surface area contributed by atoms with Gasteiger partial charge in [0, 0.05) is 18.8 Å². The van der Waals surface area contributed by atoms with Crippen molar-refractivity contribution in [3.63, 3.8) is 0 Å². The lowest BCUT2D eigenvalue weighted by molar-refractivity contribution is 0.659.